The predicted octanol–water partition coefficient (Wildman–Crippen LogP) is 5.90. The van der Waals surface area contributed by atoms with Crippen molar-refractivity contribution in [3.63, 3.8) is 0 Å². The zero-order valence-electron chi connectivity index (χ0n) is 14.4. The number of imidazole rings is 1. The Morgan fingerprint density at radius 1 is 0.893 bits per heavy atom. The lowest BCUT2D eigenvalue weighted by atomic mass is 9.96. The maximum atomic E-state index is 12.4. The number of aromatic nitrogens is 2. The molecule has 10 heteroatoms. The minimum absolute atomic E-state index is 0.292. The van der Waals surface area contributed by atoms with Crippen LogP contribution in [0.5, 0.6) is 11.5 Å². The molecule has 0 aliphatic rings. The van der Waals surface area contributed by atoms with E-state index in [1.165, 1.54) is 36.4 Å². The molecule has 1 N–H and O–H groups in total. The molecule has 0 bridgehead atoms. The molecule has 3 rings (SSSR count). The molecule has 0 fully saturated rings. The number of hydrogen-bond acceptors (Lipinski definition) is 3. The van der Waals surface area contributed by atoms with Crippen LogP contribution in [0.1, 0.15) is 30.7 Å². The van der Waals surface area contributed by atoms with Gasteiger partial charge in [-0.1, -0.05) is 19.1 Å². The van der Waals surface area contributed by atoms with Gasteiger partial charge in [-0.05, 0) is 36.2 Å². The molecule has 2 aromatic carbocycles. The van der Waals surface area contributed by atoms with Crippen LogP contribution in [0, 0.1) is 0 Å². The number of hydrogen-bond donors (Lipinski definition) is 1. The first-order valence-electron chi connectivity index (χ1n) is 8.15. The summed E-state index contributed by atoms with van der Waals surface area (Å²) in [6.45, 7) is 1.86. The number of fused-ring (bicyclic) bond motifs is 1. The van der Waals surface area contributed by atoms with Crippen LogP contribution in [-0.2, 0) is 0 Å². The summed E-state index contributed by atoms with van der Waals surface area (Å²) in [4.78, 5) is 7.33. The largest absolute Gasteiger partial charge is 0.573 e. The number of benzene rings is 2. The lowest BCUT2D eigenvalue weighted by molar-refractivity contribution is -0.275. The summed E-state index contributed by atoms with van der Waals surface area (Å²) in [6.07, 6.45) is -9.02. The number of ether oxygens (including phenoxy) is 2. The van der Waals surface area contributed by atoms with Gasteiger partial charge >= 0.3 is 12.7 Å². The van der Waals surface area contributed by atoms with Crippen LogP contribution in [0.4, 0.5) is 26.3 Å². The molecule has 4 nitrogen and oxygen atoms in total. The highest BCUT2D eigenvalue weighted by atomic mass is 19.4. The number of H-pyrrole nitrogens is 1. The summed E-state index contributed by atoms with van der Waals surface area (Å²) in [5, 5.41) is 0. The molecular formula is C18H14F6N2O2. The topological polar surface area (TPSA) is 47.1 Å². The molecule has 0 radical (unpaired) electrons. The second-order valence-electron chi connectivity index (χ2n) is 5.93. The van der Waals surface area contributed by atoms with Gasteiger partial charge in [0.2, 0.25) is 0 Å². The summed E-state index contributed by atoms with van der Waals surface area (Å²) < 4.78 is 81.6. The van der Waals surface area contributed by atoms with Gasteiger partial charge in [-0.15, -0.1) is 26.3 Å². The van der Waals surface area contributed by atoms with Gasteiger partial charge in [0.15, 0.2) is 0 Å². The molecule has 1 heterocycles. The molecule has 1 unspecified atom stereocenters. The van der Waals surface area contributed by atoms with Crippen molar-refractivity contribution >= 4 is 11.0 Å². The number of aromatic amines is 1. The van der Waals surface area contributed by atoms with Gasteiger partial charge in [-0.3, -0.25) is 0 Å². The van der Waals surface area contributed by atoms with Crippen molar-refractivity contribution in [2.75, 3.05) is 0 Å². The molecule has 28 heavy (non-hydrogen) atoms. The fourth-order valence-corrected chi connectivity index (χ4v) is 2.86. The van der Waals surface area contributed by atoms with Gasteiger partial charge < -0.3 is 14.5 Å². The highest BCUT2D eigenvalue weighted by Gasteiger charge is 2.32. The van der Waals surface area contributed by atoms with E-state index in [9.17, 15) is 26.3 Å². The lowest BCUT2D eigenvalue weighted by Gasteiger charge is -2.14. The Balaban J connectivity index is 1.86. The minimum Gasteiger partial charge on any atom is -0.406 e. The monoisotopic (exact) mass is 404 g/mol. The maximum Gasteiger partial charge on any atom is 0.573 e. The molecule has 3 aromatic rings. The summed E-state index contributed by atoms with van der Waals surface area (Å²) >= 11 is 0. The van der Waals surface area contributed by atoms with E-state index in [4.69, 9.17) is 0 Å². The maximum absolute atomic E-state index is 12.4. The third-order valence-corrected chi connectivity index (χ3v) is 3.96. The molecule has 0 amide bonds. The van der Waals surface area contributed by atoms with Crippen LogP contribution in [0.3, 0.4) is 0 Å². The van der Waals surface area contributed by atoms with E-state index in [2.05, 4.69) is 19.4 Å². The molecular weight excluding hydrogens is 390 g/mol. The Hall–Kier alpha value is -2.91. The summed E-state index contributed by atoms with van der Waals surface area (Å²) in [5.41, 5.74) is 1.48. The van der Waals surface area contributed by atoms with E-state index >= 15 is 0 Å². The number of halogens is 6. The first-order valence-corrected chi connectivity index (χ1v) is 8.15. The molecule has 0 aliphatic carbocycles. The van der Waals surface area contributed by atoms with Crippen molar-refractivity contribution in [2.24, 2.45) is 0 Å². The molecule has 150 valence electrons. The van der Waals surface area contributed by atoms with Crippen molar-refractivity contribution in [1.29, 1.82) is 0 Å². The van der Waals surface area contributed by atoms with Crippen molar-refractivity contribution in [3.05, 3.63) is 53.9 Å². The smallest absolute Gasteiger partial charge is 0.406 e. The second-order valence-corrected chi connectivity index (χ2v) is 5.93. The van der Waals surface area contributed by atoms with Gasteiger partial charge in [-0.2, -0.15) is 0 Å². The summed E-state index contributed by atoms with van der Waals surface area (Å²) in [7, 11) is 0. The van der Waals surface area contributed by atoms with E-state index < -0.39 is 12.7 Å². The van der Waals surface area contributed by atoms with E-state index in [0.717, 1.165) is 6.07 Å². The Morgan fingerprint density at radius 3 is 2.04 bits per heavy atom. The molecule has 1 atom stereocenters. The average molecular weight is 404 g/mol. The number of nitrogens with one attached hydrogen (secondary N) is 1. The molecule has 0 aliphatic heterocycles. The van der Waals surface area contributed by atoms with Gasteiger partial charge in [0, 0.05) is 12.0 Å². The van der Waals surface area contributed by atoms with Crippen molar-refractivity contribution in [1.82, 2.24) is 9.97 Å². The van der Waals surface area contributed by atoms with E-state index in [1.54, 1.807) is 0 Å². The van der Waals surface area contributed by atoms with E-state index in [0.29, 0.717) is 28.8 Å². The quantitative estimate of drug-likeness (QED) is 0.539. The zero-order chi connectivity index (χ0) is 20.5. The first-order chi connectivity index (χ1) is 13.0. The van der Waals surface area contributed by atoms with E-state index in [-0.39, 0.29) is 17.4 Å². The Labute approximate surface area is 155 Å². The fourth-order valence-electron chi connectivity index (χ4n) is 2.86. The van der Waals surface area contributed by atoms with Crippen LogP contribution in [0.15, 0.2) is 42.5 Å². The molecule has 0 saturated carbocycles. The van der Waals surface area contributed by atoms with Crippen molar-refractivity contribution < 1.29 is 35.8 Å². The Kier molecular flexibility index (Phi) is 5.14. The normalized spacial score (nSPS) is 13.5. The van der Waals surface area contributed by atoms with Gasteiger partial charge in [0.1, 0.15) is 17.3 Å². The zero-order valence-corrected chi connectivity index (χ0v) is 14.4. The highest BCUT2D eigenvalue weighted by molar-refractivity contribution is 5.77. The lowest BCUT2D eigenvalue weighted by Crippen LogP contribution is -2.17. The van der Waals surface area contributed by atoms with Crippen molar-refractivity contribution in [3.8, 4) is 11.5 Å². The Morgan fingerprint density at radius 2 is 1.46 bits per heavy atom. The van der Waals surface area contributed by atoms with Crippen LogP contribution in [0.25, 0.3) is 11.0 Å². The van der Waals surface area contributed by atoms with Gasteiger partial charge in [0.25, 0.3) is 0 Å². The fraction of sp³-hybridized carbons (Fsp3) is 0.278. The number of nitrogens with zero attached hydrogens (tertiary/aromatic N) is 1. The second kappa shape index (κ2) is 7.25. The van der Waals surface area contributed by atoms with Crippen molar-refractivity contribution in [2.45, 2.75) is 32.0 Å². The molecule has 1 aromatic heterocycles. The highest BCUT2D eigenvalue weighted by Crippen LogP contribution is 2.32. The predicted molar refractivity (Wildman–Crippen MR) is 88.0 cm³/mol. The molecule has 0 spiro atoms. The van der Waals surface area contributed by atoms with Gasteiger partial charge in [0.05, 0.1) is 11.0 Å². The number of rotatable bonds is 5. The third kappa shape index (κ3) is 4.87. The van der Waals surface area contributed by atoms with Crippen LogP contribution in [-0.4, -0.2) is 22.7 Å². The van der Waals surface area contributed by atoms with Crippen LogP contribution in [0.2, 0.25) is 0 Å². The SMILES string of the molecule is CCC(c1ccc(OC(F)(F)F)cc1)c1nc2ccc(OC(F)(F)F)cc2[nH]1. The number of alkyl halides is 6. The Bertz CT molecular complexity index is 947. The third-order valence-electron chi connectivity index (χ3n) is 3.96. The standard InChI is InChI=1S/C18H14F6N2O2/c1-2-13(10-3-5-11(6-4-10)27-17(19,20)21)16-25-14-8-7-12(9-15(14)26-16)28-18(22,23)24/h3-9,13H,2H2,1H3,(H,25,26). The van der Waals surface area contributed by atoms with E-state index in [1.807, 2.05) is 6.92 Å². The van der Waals surface area contributed by atoms with Crippen LogP contribution >= 0.6 is 0 Å². The average Bonchev–Trinajstić information content (AvgIpc) is 2.97. The molecule has 0 saturated heterocycles. The van der Waals surface area contributed by atoms with Gasteiger partial charge in [-0.25, -0.2) is 4.98 Å². The minimum atomic E-state index is -4.80. The summed E-state index contributed by atoms with van der Waals surface area (Å²) in [5.74, 6) is -0.535. The van der Waals surface area contributed by atoms with Crippen LogP contribution < -0.4 is 9.47 Å². The summed E-state index contributed by atoms with van der Waals surface area (Å²) in [6, 6.07) is 9.11. The first kappa shape index (κ1) is 19.8.